The summed E-state index contributed by atoms with van der Waals surface area (Å²) in [5.74, 6) is -3.52. The van der Waals surface area contributed by atoms with Crippen LogP contribution in [0.3, 0.4) is 0 Å². The fourth-order valence-electron chi connectivity index (χ4n) is 3.57. The number of rotatable bonds is 10. The molecule has 4 rings (SSSR count). The molecule has 0 bridgehead atoms. The molecule has 0 fully saturated rings. The van der Waals surface area contributed by atoms with Crippen LogP contribution < -0.4 is 11.5 Å². The zero-order valence-corrected chi connectivity index (χ0v) is 22.6. The van der Waals surface area contributed by atoms with Crippen LogP contribution in [0.4, 0.5) is 13.2 Å². The lowest BCUT2D eigenvalue weighted by atomic mass is 10.1. The highest BCUT2D eigenvalue weighted by molar-refractivity contribution is 5.77. The second-order valence-corrected chi connectivity index (χ2v) is 9.85. The first kappa shape index (κ1) is 29.6. The van der Waals surface area contributed by atoms with Gasteiger partial charge in [0.1, 0.15) is 29.2 Å². The molecule has 0 spiro atoms. The molecule has 4 aromatic rings. The molecule has 4 aromatic heterocycles. The Morgan fingerprint density at radius 3 is 2.22 bits per heavy atom. The van der Waals surface area contributed by atoms with Gasteiger partial charge in [0, 0.05) is 18.6 Å². The van der Waals surface area contributed by atoms with Gasteiger partial charge in [-0.3, -0.25) is 14.0 Å². The summed E-state index contributed by atoms with van der Waals surface area (Å²) < 4.78 is 55.1. The van der Waals surface area contributed by atoms with E-state index < -0.39 is 42.8 Å². The second kappa shape index (κ2) is 11.6. The third-order valence-electron chi connectivity index (χ3n) is 6.08. The van der Waals surface area contributed by atoms with Crippen LogP contribution in [0.1, 0.15) is 33.5 Å². The number of fused-ring (bicyclic) bond motifs is 1. The van der Waals surface area contributed by atoms with Crippen molar-refractivity contribution in [3.05, 3.63) is 36.8 Å². The Labute approximate surface area is 231 Å². The number of carbonyl (C=O) groups excluding carboxylic acids is 2. The van der Waals surface area contributed by atoms with Crippen molar-refractivity contribution in [2.75, 3.05) is 0 Å². The van der Waals surface area contributed by atoms with Crippen LogP contribution in [0.15, 0.2) is 31.0 Å². The summed E-state index contributed by atoms with van der Waals surface area (Å²) in [4.78, 5) is 41.0. The zero-order valence-electron chi connectivity index (χ0n) is 22.6. The summed E-state index contributed by atoms with van der Waals surface area (Å²) in [6.07, 6.45) is 0.998. The number of carbonyl (C=O) groups is 2. The van der Waals surface area contributed by atoms with E-state index >= 15 is 0 Å². The monoisotopic (exact) mass is 578 g/mol. The lowest BCUT2D eigenvalue weighted by Gasteiger charge is -2.14. The molecule has 0 aliphatic heterocycles. The highest BCUT2D eigenvalue weighted by Crippen LogP contribution is 2.33. The molecule has 0 saturated carbocycles. The Kier molecular flexibility index (Phi) is 8.39. The van der Waals surface area contributed by atoms with Gasteiger partial charge in [-0.15, -0.1) is 5.10 Å². The van der Waals surface area contributed by atoms with E-state index in [2.05, 4.69) is 25.0 Å². The molecule has 0 aliphatic rings. The Hall–Kier alpha value is -4.38. The van der Waals surface area contributed by atoms with Gasteiger partial charge in [0.05, 0.1) is 6.33 Å². The van der Waals surface area contributed by atoms with Crippen molar-refractivity contribution in [3.8, 4) is 22.9 Å². The highest BCUT2D eigenvalue weighted by atomic mass is 19.4. The van der Waals surface area contributed by atoms with Crippen molar-refractivity contribution in [2.45, 2.75) is 59.4 Å². The summed E-state index contributed by atoms with van der Waals surface area (Å²) in [5.41, 5.74) is 12.0. The van der Waals surface area contributed by atoms with Crippen molar-refractivity contribution >= 4 is 17.7 Å². The number of esters is 2. The van der Waals surface area contributed by atoms with E-state index in [-0.39, 0.29) is 47.3 Å². The quantitative estimate of drug-likeness (QED) is 0.262. The Balaban J connectivity index is 1.74. The van der Waals surface area contributed by atoms with E-state index in [9.17, 15) is 22.8 Å². The largest absolute Gasteiger partial charge is 0.453 e. The third kappa shape index (κ3) is 6.35. The van der Waals surface area contributed by atoms with Crippen molar-refractivity contribution in [1.29, 1.82) is 0 Å². The van der Waals surface area contributed by atoms with Crippen LogP contribution in [-0.2, 0) is 38.7 Å². The number of alkyl halides is 3. The Bertz CT molecular complexity index is 1540. The lowest BCUT2D eigenvalue weighted by Crippen LogP contribution is -2.37. The van der Waals surface area contributed by atoms with Gasteiger partial charge < -0.3 is 25.5 Å². The van der Waals surface area contributed by atoms with Crippen LogP contribution in [0.5, 0.6) is 0 Å². The molecule has 0 saturated heterocycles. The maximum atomic E-state index is 13.6. The summed E-state index contributed by atoms with van der Waals surface area (Å²) in [7, 11) is 0. The summed E-state index contributed by atoms with van der Waals surface area (Å²) in [6.45, 7) is 6.04. The molecule has 17 heteroatoms. The van der Waals surface area contributed by atoms with Crippen LogP contribution in [0, 0.1) is 11.8 Å². The first-order valence-corrected chi connectivity index (χ1v) is 12.5. The molecule has 0 radical (unpaired) electrons. The predicted octanol–water partition coefficient (Wildman–Crippen LogP) is 1.84. The number of hydrogen-bond donors (Lipinski definition) is 2. The molecule has 0 aromatic carbocycles. The number of imidazole rings is 2. The van der Waals surface area contributed by atoms with Crippen LogP contribution in [-0.4, -0.2) is 62.7 Å². The van der Waals surface area contributed by atoms with Crippen molar-refractivity contribution in [1.82, 2.24) is 38.7 Å². The zero-order chi connectivity index (χ0) is 30.1. The number of halogens is 3. The van der Waals surface area contributed by atoms with E-state index in [1.165, 1.54) is 27.7 Å². The third-order valence-corrected chi connectivity index (χ3v) is 6.08. The van der Waals surface area contributed by atoms with Gasteiger partial charge in [-0.2, -0.15) is 13.2 Å². The minimum Gasteiger partial charge on any atom is -0.443 e. The first-order valence-electron chi connectivity index (χ1n) is 12.5. The second-order valence-electron chi connectivity index (χ2n) is 9.85. The maximum Gasteiger partial charge on any atom is 0.453 e. The van der Waals surface area contributed by atoms with Crippen LogP contribution in [0.25, 0.3) is 28.7 Å². The number of aromatic nitrogens is 8. The van der Waals surface area contributed by atoms with Crippen LogP contribution in [0.2, 0.25) is 0 Å². The number of nitrogens with zero attached hydrogens (tertiary/aromatic N) is 8. The van der Waals surface area contributed by atoms with E-state index in [1.54, 1.807) is 40.0 Å². The fraction of sp³-hybridized carbons (Fsp3) is 0.458. The number of ether oxygens (including phenoxy) is 2. The van der Waals surface area contributed by atoms with Crippen molar-refractivity contribution in [2.24, 2.45) is 23.3 Å². The lowest BCUT2D eigenvalue weighted by molar-refractivity contribution is -0.151. The van der Waals surface area contributed by atoms with E-state index in [1.807, 2.05) is 0 Å². The summed E-state index contributed by atoms with van der Waals surface area (Å²) in [6, 6.07) is -0.213. The maximum absolute atomic E-state index is 13.6. The molecule has 4 N–H and O–H groups in total. The SMILES string of the molecule is CC(C)[C@H](N)C(=O)OCn1cnc(-c2c(-c3nc(C(F)(F)F)nn3COC(=O)[C@@H](N)C(C)C)nc3ncccn23)c1. The molecule has 14 nitrogen and oxygen atoms in total. The molecule has 4 heterocycles. The molecule has 0 amide bonds. The highest BCUT2D eigenvalue weighted by Gasteiger charge is 2.38. The average Bonchev–Trinajstić information content (AvgIpc) is 3.65. The first-order chi connectivity index (χ1) is 19.3. The summed E-state index contributed by atoms with van der Waals surface area (Å²) >= 11 is 0. The Morgan fingerprint density at radius 2 is 1.61 bits per heavy atom. The molecule has 2 atom stereocenters. The van der Waals surface area contributed by atoms with Gasteiger partial charge in [0.25, 0.3) is 5.82 Å². The van der Waals surface area contributed by atoms with E-state index in [0.717, 1.165) is 4.68 Å². The van der Waals surface area contributed by atoms with E-state index in [0.29, 0.717) is 0 Å². The predicted molar refractivity (Wildman–Crippen MR) is 136 cm³/mol. The molecular formula is C24H29F3N10O4. The molecule has 0 unspecified atom stereocenters. The molecule has 220 valence electrons. The van der Waals surface area contributed by atoms with Gasteiger partial charge in [0.2, 0.25) is 5.78 Å². The molecular weight excluding hydrogens is 549 g/mol. The van der Waals surface area contributed by atoms with Crippen molar-refractivity contribution < 1.29 is 32.2 Å². The molecule has 0 aliphatic carbocycles. The topological polar surface area (TPSA) is 183 Å². The normalized spacial score (nSPS) is 13.6. The minimum atomic E-state index is -4.90. The van der Waals surface area contributed by atoms with Gasteiger partial charge in [-0.1, -0.05) is 27.7 Å². The van der Waals surface area contributed by atoms with Crippen molar-refractivity contribution in [3.63, 3.8) is 0 Å². The van der Waals surface area contributed by atoms with Gasteiger partial charge in [-0.25, -0.2) is 24.6 Å². The number of hydrogen-bond acceptors (Lipinski definition) is 11. The minimum absolute atomic E-state index is 0.0695. The van der Waals surface area contributed by atoms with Gasteiger partial charge in [0.15, 0.2) is 19.3 Å². The van der Waals surface area contributed by atoms with Gasteiger partial charge in [-0.05, 0) is 17.9 Å². The van der Waals surface area contributed by atoms with Gasteiger partial charge >= 0.3 is 18.1 Å². The molecule has 41 heavy (non-hydrogen) atoms. The standard InChI is InChI=1S/C24H29F3N10O4/c1-12(2)15(28)20(38)40-10-35-8-14(31-9-35)18-17(32-23-30-6-5-7-36(18)23)19-33-22(24(25,26)27)34-37(19)11-41-21(39)16(29)13(3)4/h5-9,12-13,15-16H,10-11,28-29H2,1-4H3/t15-,16-/m0/s1. The fourth-order valence-corrected chi connectivity index (χ4v) is 3.57. The smallest absolute Gasteiger partial charge is 0.443 e. The number of nitrogens with two attached hydrogens (primary N) is 2. The Morgan fingerprint density at radius 1 is 0.976 bits per heavy atom. The van der Waals surface area contributed by atoms with E-state index in [4.69, 9.17) is 20.9 Å². The average molecular weight is 579 g/mol. The van der Waals surface area contributed by atoms with Crippen LogP contribution >= 0.6 is 0 Å². The summed E-state index contributed by atoms with van der Waals surface area (Å²) in [5, 5.41) is 3.52.